The molecule has 0 aliphatic rings. The van der Waals surface area contributed by atoms with Gasteiger partial charge in [-0.05, 0) is 35.9 Å². The second-order valence-electron chi connectivity index (χ2n) is 5.27. The smallest absolute Gasteiger partial charge is 0.276 e. The molecule has 0 fully saturated rings. The van der Waals surface area contributed by atoms with Crippen LogP contribution >= 0.6 is 11.6 Å². The number of halogens is 1. The van der Waals surface area contributed by atoms with Gasteiger partial charge in [-0.25, -0.2) is 4.98 Å². The fraction of sp³-hybridized carbons (Fsp3) is 0.118. The van der Waals surface area contributed by atoms with E-state index < -0.39 is 11.7 Å². The number of ether oxygens (including phenoxy) is 1. The number of aliphatic hydroxyl groups is 1. The van der Waals surface area contributed by atoms with E-state index in [0.29, 0.717) is 27.4 Å². The number of fused-ring (bicyclic) bond motifs is 1. The highest BCUT2D eigenvalue weighted by atomic mass is 35.5. The van der Waals surface area contributed by atoms with Gasteiger partial charge in [-0.3, -0.25) is 4.79 Å². The molecule has 8 heteroatoms. The number of nitrogens with zero attached hydrogens (tertiary/aromatic N) is 2. The van der Waals surface area contributed by atoms with Crippen molar-refractivity contribution in [3.63, 3.8) is 0 Å². The number of rotatable bonds is 4. The summed E-state index contributed by atoms with van der Waals surface area (Å²) in [6, 6.07) is 11.6. The van der Waals surface area contributed by atoms with E-state index in [4.69, 9.17) is 22.2 Å². The molecule has 2 aromatic carbocycles. The molecule has 0 saturated heterocycles. The van der Waals surface area contributed by atoms with E-state index in [1.54, 1.807) is 49.6 Å². The maximum Gasteiger partial charge on any atom is 0.276 e. The van der Waals surface area contributed by atoms with Gasteiger partial charge in [0.25, 0.3) is 5.56 Å². The Hall–Kier alpha value is -2.90. The molecule has 0 aliphatic heterocycles. The fourth-order valence-electron chi connectivity index (χ4n) is 2.44. The molecule has 0 bridgehead atoms. The van der Waals surface area contributed by atoms with Crippen LogP contribution in [0.2, 0.25) is 5.02 Å². The van der Waals surface area contributed by atoms with Gasteiger partial charge in [0.15, 0.2) is 5.69 Å². The van der Waals surface area contributed by atoms with E-state index in [1.807, 2.05) is 0 Å². The van der Waals surface area contributed by atoms with Crippen LogP contribution in [0.4, 0.5) is 0 Å². The van der Waals surface area contributed by atoms with Crippen LogP contribution in [0.1, 0.15) is 17.4 Å². The highest BCUT2D eigenvalue weighted by Crippen LogP contribution is 2.21. The van der Waals surface area contributed by atoms with Crippen LogP contribution in [0.5, 0.6) is 5.75 Å². The predicted octanol–water partition coefficient (Wildman–Crippen LogP) is 1.98. The third kappa shape index (κ3) is 3.33. The molecule has 1 aromatic heterocycles. The number of aromatic amines is 1. The highest BCUT2D eigenvalue weighted by molar-refractivity contribution is 6.31. The predicted molar refractivity (Wildman–Crippen MR) is 96.1 cm³/mol. The standard InChI is InChI=1S/C17H15ClN4O3/c1-25-11-5-2-9(3-6-11)16(23)14(22-19)15-17(24)21-13-8-10(18)4-7-12(13)20-15/h2-8,16,23H,19H2,1H3,(H,21,24)/b22-14+/t16-/m0/s1. The molecular formula is C17H15ClN4O3. The fourth-order valence-corrected chi connectivity index (χ4v) is 2.61. The van der Waals surface area contributed by atoms with Crippen molar-refractivity contribution in [2.45, 2.75) is 6.10 Å². The molecule has 1 heterocycles. The number of aromatic nitrogens is 2. The lowest BCUT2D eigenvalue weighted by molar-refractivity contribution is 0.247. The highest BCUT2D eigenvalue weighted by Gasteiger charge is 2.22. The number of hydrogen-bond donors (Lipinski definition) is 3. The van der Waals surface area contributed by atoms with Crippen LogP contribution in [0, 0.1) is 0 Å². The maximum absolute atomic E-state index is 12.4. The van der Waals surface area contributed by atoms with Gasteiger partial charge in [0.05, 0.1) is 18.1 Å². The van der Waals surface area contributed by atoms with Gasteiger partial charge in [-0.2, -0.15) is 5.10 Å². The zero-order valence-electron chi connectivity index (χ0n) is 13.2. The Morgan fingerprint density at radius 1 is 1.32 bits per heavy atom. The third-order valence-electron chi connectivity index (χ3n) is 3.73. The van der Waals surface area contributed by atoms with Crippen molar-refractivity contribution in [2.75, 3.05) is 7.11 Å². The summed E-state index contributed by atoms with van der Waals surface area (Å²) in [6.07, 6.45) is -1.21. The summed E-state index contributed by atoms with van der Waals surface area (Å²) < 4.78 is 5.08. The minimum absolute atomic E-state index is 0.0386. The number of aliphatic hydroxyl groups excluding tert-OH is 1. The molecule has 0 spiro atoms. The Kier molecular flexibility index (Phi) is 4.69. The minimum atomic E-state index is -1.21. The van der Waals surface area contributed by atoms with Crippen LogP contribution < -0.4 is 16.1 Å². The molecule has 0 amide bonds. The van der Waals surface area contributed by atoms with E-state index in [9.17, 15) is 9.90 Å². The van der Waals surface area contributed by atoms with Gasteiger partial charge in [0.1, 0.15) is 17.6 Å². The van der Waals surface area contributed by atoms with E-state index in [2.05, 4.69) is 15.1 Å². The lowest BCUT2D eigenvalue weighted by atomic mass is 10.0. The largest absolute Gasteiger partial charge is 0.497 e. The maximum atomic E-state index is 12.4. The number of nitrogens with one attached hydrogen (secondary N) is 1. The topological polar surface area (TPSA) is 114 Å². The average Bonchev–Trinajstić information content (AvgIpc) is 2.62. The van der Waals surface area contributed by atoms with Gasteiger partial charge >= 0.3 is 0 Å². The van der Waals surface area contributed by atoms with Crippen LogP contribution in [0.15, 0.2) is 52.4 Å². The van der Waals surface area contributed by atoms with Crippen molar-refractivity contribution in [1.82, 2.24) is 9.97 Å². The molecule has 0 unspecified atom stereocenters. The van der Waals surface area contributed by atoms with Crippen molar-refractivity contribution in [1.29, 1.82) is 0 Å². The van der Waals surface area contributed by atoms with Crippen molar-refractivity contribution >= 4 is 28.3 Å². The molecule has 0 radical (unpaired) electrons. The first-order valence-electron chi connectivity index (χ1n) is 7.33. The van der Waals surface area contributed by atoms with Crippen molar-refractivity contribution in [3.8, 4) is 5.75 Å². The summed E-state index contributed by atoms with van der Waals surface area (Å²) in [5, 5.41) is 14.6. The third-order valence-corrected chi connectivity index (χ3v) is 3.96. The molecular weight excluding hydrogens is 344 g/mol. The normalized spacial score (nSPS) is 13.0. The van der Waals surface area contributed by atoms with Crippen LogP contribution in [0.3, 0.4) is 0 Å². The van der Waals surface area contributed by atoms with Crippen LogP contribution in [0.25, 0.3) is 11.0 Å². The number of hydrogen-bond acceptors (Lipinski definition) is 6. The summed E-state index contributed by atoms with van der Waals surface area (Å²) in [5.41, 5.74) is 0.872. The van der Waals surface area contributed by atoms with Crippen LogP contribution in [-0.2, 0) is 0 Å². The first kappa shape index (κ1) is 16.9. The first-order valence-corrected chi connectivity index (χ1v) is 7.71. The summed E-state index contributed by atoms with van der Waals surface area (Å²) in [5.74, 6) is 6.07. The number of benzene rings is 2. The van der Waals surface area contributed by atoms with Gasteiger partial charge in [0.2, 0.25) is 0 Å². The summed E-state index contributed by atoms with van der Waals surface area (Å²) in [6.45, 7) is 0. The summed E-state index contributed by atoms with van der Waals surface area (Å²) in [7, 11) is 1.54. The van der Waals surface area contributed by atoms with Gasteiger partial charge in [-0.1, -0.05) is 23.7 Å². The van der Waals surface area contributed by atoms with E-state index in [-0.39, 0.29) is 11.4 Å². The van der Waals surface area contributed by atoms with Crippen LogP contribution in [-0.4, -0.2) is 27.9 Å². The SMILES string of the molecule is COc1ccc([C@H](O)/C(=N/N)c2nc3ccc(Cl)cc3[nH]c2=O)cc1. The monoisotopic (exact) mass is 358 g/mol. The molecule has 3 rings (SSSR count). The molecule has 4 N–H and O–H groups in total. The second-order valence-corrected chi connectivity index (χ2v) is 5.70. The summed E-state index contributed by atoms with van der Waals surface area (Å²) >= 11 is 5.91. The van der Waals surface area contributed by atoms with E-state index >= 15 is 0 Å². The van der Waals surface area contributed by atoms with E-state index in [0.717, 1.165) is 0 Å². The molecule has 0 aliphatic carbocycles. The van der Waals surface area contributed by atoms with Gasteiger partial charge in [-0.15, -0.1) is 0 Å². The summed E-state index contributed by atoms with van der Waals surface area (Å²) in [4.78, 5) is 19.3. The quantitative estimate of drug-likeness (QED) is 0.375. The lowest BCUT2D eigenvalue weighted by Gasteiger charge is -2.13. The Labute approximate surface area is 147 Å². The number of hydrazone groups is 1. The molecule has 0 saturated carbocycles. The molecule has 1 atom stereocenters. The lowest BCUT2D eigenvalue weighted by Crippen LogP contribution is -2.26. The Morgan fingerprint density at radius 3 is 2.68 bits per heavy atom. The molecule has 7 nitrogen and oxygen atoms in total. The number of H-pyrrole nitrogens is 1. The zero-order chi connectivity index (χ0) is 18.0. The average molecular weight is 359 g/mol. The second kappa shape index (κ2) is 6.92. The number of nitrogens with two attached hydrogens (primary N) is 1. The Morgan fingerprint density at radius 2 is 2.04 bits per heavy atom. The number of methoxy groups -OCH3 is 1. The molecule has 3 aromatic rings. The minimum Gasteiger partial charge on any atom is -0.497 e. The van der Waals surface area contributed by atoms with Gasteiger partial charge in [0, 0.05) is 5.02 Å². The van der Waals surface area contributed by atoms with Crippen molar-refractivity contribution in [3.05, 3.63) is 69.1 Å². The Balaban J connectivity index is 2.05. The molecule has 25 heavy (non-hydrogen) atoms. The van der Waals surface area contributed by atoms with Crippen molar-refractivity contribution < 1.29 is 9.84 Å². The van der Waals surface area contributed by atoms with E-state index in [1.165, 1.54) is 0 Å². The Bertz CT molecular complexity index is 999. The molecule has 128 valence electrons. The van der Waals surface area contributed by atoms with Crippen molar-refractivity contribution in [2.24, 2.45) is 10.9 Å². The zero-order valence-corrected chi connectivity index (χ0v) is 14.0. The first-order chi connectivity index (χ1) is 12.0. The van der Waals surface area contributed by atoms with Gasteiger partial charge < -0.3 is 20.7 Å².